The van der Waals surface area contributed by atoms with Crippen LogP contribution < -0.4 is 20.9 Å². The molecule has 0 bridgehead atoms. The molecule has 1 aliphatic heterocycles. The van der Waals surface area contributed by atoms with Gasteiger partial charge in [-0.3, -0.25) is 14.3 Å². The number of nitrogens with zero attached hydrogens (tertiary/aromatic N) is 2. The summed E-state index contributed by atoms with van der Waals surface area (Å²) in [6.07, 6.45) is -6.30. The van der Waals surface area contributed by atoms with Crippen molar-refractivity contribution in [2.45, 2.75) is 76.7 Å². The fraction of sp³-hybridized carbons (Fsp3) is 0.522. The lowest BCUT2D eigenvalue weighted by atomic mass is 9.98. The van der Waals surface area contributed by atoms with E-state index in [0.717, 1.165) is 23.8 Å². The number of aromatic amines is 1. The van der Waals surface area contributed by atoms with E-state index >= 15 is 4.39 Å². The molecule has 3 rings (SSSR count). The van der Waals surface area contributed by atoms with Gasteiger partial charge in [0.1, 0.15) is 11.9 Å². The van der Waals surface area contributed by atoms with E-state index < -0.39 is 67.9 Å². The van der Waals surface area contributed by atoms with E-state index in [9.17, 15) is 24.4 Å². The molecule has 0 radical (unpaired) electrons. The van der Waals surface area contributed by atoms with Gasteiger partial charge in [-0.25, -0.2) is 14.0 Å². The Bertz CT molecular complexity index is 1270. The summed E-state index contributed by atoms with van der Waals surface area (Å²) >= 11 is 5.91. The van der Waals surface area contributed by atoms with E-state index in [-0.39, 0.29) is 12.2 Å². The van der Waals surface area contributed by atoms with Crippen molar-refractivity contribution in [2.75, 3.05) is 0 Å². The van der Waals surface area contributed by atoms with Crippen molar-refractivity contribution < 1.29 is 37.9 Å². The average Bonchev–Trinajstić information content (AvgIpc) is 3.07. The minimum atomic E-state index is -2.98. The zero-order valence-corrected chi connectivity index (χ0v) is 22.6. The van der Waals surface area contributed by atoms with Crippen molar-refractivity contribution in [1.82, 2.24) is 9.55 Å². The summed E-state index contributed by atoms with van der Waals surface area (Å²) in [5.41, 5.74) is -4.28. The highest BCUT2D eigenvalue weighted by atomic mass is 35.5. The van der Waals surface area contributed by atoms with Gasteiger partial charge in [-0.2, -0.15) is 0 Å². The number of aliphatic hydroxyl groups excluding tert-OH is 1. The van der Waals surface area contributed by atoms with E-state index in [1.807, 2.05) is 4.98 Å². The van der Waals surface area contributed by atoms with Crippen molar-refractivity contribution in [3.05, 3.63) is 62.4 Å². The quantitative estimate of drug-likeness (QED) is 0.245. The van der Waals surface area contributed by atoms with Crippen molar-refractivity contribution in [3.8, 4) is 5.75 Å². The van der Waals surface area contributed by atoms with Gasteiger partial charge in [-0.15, -0.1) is 4.52 Å². The number of halogens is 2. The molecule has 208 valence electrons. The maximum atomic E-state index is 15.8. The molecule has 7 atom stereocenters. The van der Waals surface area contributed by atoms with Crippen LogP contribution in [0, 0.1) is 0 Å². The Hall–Kier alpha value is -2.67. The summed E-state index contributed by atoms with van der Waals surface area (Å²) in [6, 6.07) is 5.72. The minimum Gasteiger partial charge on any atom is -0.583 e. The van der Waals surface area contributed by atoms with E-state index in [1.54, 1.807) is 20.8 Å². The Morgan fingerprint density at radius 3 is 2.58 bits per heavy atom. The number of esters is 1. The van der Waals surface area contributed by atoms with Gasteiger partial charge in [0.05, 0.1) is 6.10 Å². The SMILES string of the molecule is CC[C@H](/N=[P+](\[O-])OC(Oc1ccc(Cl)cc1)[C@@H]1OC(n2ccc(=O)[nH]c2=O)[C@](C)(F)[C@@H]1O)C(=O)OC(C)C. The molecule has 0 saturated carbocycles. The Morgan fingerprint density at radius 1 is 1.34 bits per heavy atom. The topological polar surface area (TPSA) is 164 Å². The predicted octanol–water partition coefficient (Wildman–Crippen LogP) is 2.18. The molecule has 1 aromatic heterocycles. The second-order valence-corrected chi connectivity index (χ2v) is 10.2. The summed E-state index contributed by atoms with van der Waals surface area (Å²) in [5.74, 6) is -0.578. The highest BCUT2D eigenvalue weighted by Crippen LogP contribution is 2.43. The van der Waals surface area contributed by atoms with Crippen LogP contribution in [0.5, 0.6) is 5.75 Å². The lowest BCUT2D eigenvalue weighted by Crippen LogP contribution is -2.46. The number of H-pyrrole nitrogens is 1. The number of ether oxygens (including phenoxy) is 3. The smallest absolute Gasteiger partial charge is 0.346 e. The third-order valence-electron chi connectivity index (χ3n) is 5.53. The van der Waals surface area contributed by atoms with E-state index in [0.29, 0.717) is 5.02 Å². The molecular formula is C23H28ClFN3O9P. The van der Waals surface area contributed by atoms with Gasteiger partial charge in [-0.1, -0.05) is 23.3 Å². The molecule has 15 heteroatoms. The molecule has 2 aromatic rings. The van der Waals surface area contributed by atoms with Crippen LogP contribution in [0.25, 0.3) is 0 Å². The summed E-state index contributed by atoms with van der Waals surface area (Å²) < 4.78 is 42.3. The van der Waals surface area contributed by atoms with Gasteiger partial charge in [0, 0.05) is 17.3 Å². The molecule has 3 unspecified atom stereocenters. The molecule has 1 fully saturated rings. The first-order valence-corrected chi connectivity index (χ1v) is 13.2. The van der Waals surface area contributed by atoms with Crippen molar-refractivity contribution in [3.63, 3.8) is 0 Å². The molecule has 0 aliphatic carbocycles. The standard InChI is InChI=1S/C23H28ClFN3O9P/c1-5-15(19(31)34-12(2)3)27-38(33)37-20(35-14-8-6-13(24)7-9-14)17-18(30)23(4,25)21(36-17)28-11-10-16(29)26-22(28)32/h6-12,15,17-18,20-21,30H,5H2,1-4H3,(H,26,29,32)/t15-,17+,18+,20?,21?,23+/m0/s1. The number of nitrogens with one attached hydrogen (secondary N) is 1. The number of aromatic nitrogens is 2. The number of rotatable bonds is 10. The van der Waals surface area contributed by atoms with Crippen LogP contribution >= 0.6 is 19.8 Å². The van der Waals surface area contributed by atoms with Gasteiger partial charge in [0.25, 0.3) is 11.8 Å². The van der Waals surface area contributed by atoms with Gasteiger partial charge >= 0.3 is 19.8 Å². The molecule has 1 aromatic carbocycles. The van der Waals surface area contributed by atoms with Gasteiger partial charge < -0.3 is 24.2 Å². The van der Waals surface area contributed by atoms with Crippen LogP contribution in [0.4, 0.5) is 4.39 Å². The monoisotopic (exact) mass is 575 g/mol. The second-order valence-electron chi connectivity index (χ2n) is 8.88. The summed E-state index contributed by atoms with van der Waals surface area (Å²) in [4.78, 5) is 50.8. The van der Waals surface area contributed by atoms with E-state index in [1.165, 1.54) is 24.3 Å². The van der Waals surface area contributed by atoms with Crippen LogP contribution in [0.15, 0.2) is 50.9 Å². The predicted molar refractivity (Wildman–Crippen MR) is 132 cm³/mol. The minimum absolute atomic E-state index is 0.134. The number of aliphatic hydroxyl groups is 1. The molecule has 2 N–H and O–H groups in total. The van der Waals surface area contributed by atoms with Gasteiger partial charge in [0.15, 0.2) is 24.0 Å². The fourth-order valence-electron chi connectivity index (χ4n) is 3.62. The maximum absolute atomic E-state index is 15.8. The van der Waals surface area contributed by atoms with Crippen molar-refractivity contribution in [1.29, 1.82) is 0 Å². The first kappa shape index (κ1) is 29.9. The van der Waals surface area contributed by atoms with Gasteiger partial charge in [-0.05, 0) is 51.5 Å². The molecule has 0 spiro atoms. The zero-order valence-electron chi connectivity index (χ0n) is 20.9. The third kappa shape index (κ3) is 7.04. The molecule has 38 heavy (non-hydrogen) atoms. The molecule has 1 aliphatic rings. The molecule has 2 heterocycles. The molecular weight excluding hydrogens is 548 g/mol. The van der Waals surface area contributed by atoms with Crippen LogP contribution in [0.3, 0.4) is 0 Å². The Balaban J connectivity index is 1.94. The fourth-order valence-corrected chi connectivity index (χ4v) is 4.62. The van der Waals surface area contributed by atoms with Crippen LogP contribution in [-0.2, 0) is 18.8 Å². The highest BCUT2D eigenvalue weighted by molar-refractivity contribution is 7.33. The van der Waals surface area contributed by atoms with Crippen LogP contribution in [0.2, 0.25) is 5.02 Å². The summed E-state index contributed by atoms with van der Waals surface area (Å²) in [6.45, 7) is 5.91. The van der Waals surface area contributed by atoms with Crippen molar-refractivity contribution in [2.24, 2.45) is 4.74 Å². The van der Waals surface area contributed by atoms with Gasteiger partial charge in [0.2, 0.25) is 0 Å². The number of hydrogen-bond donors (Lipinski definition) is 2. The Labute approximate surface area is 222 Å². The number of benzene rings is 1. The second kappa shape index (κ2) is 12.5. The number of hydrogen-bond acceptors (Lipinski definition) is 10. The third-order valence-corrected chi connectivity index (χ3v) is 6.64. The number of alkyl halides is 1. The first-order chi connectivity index (χ1) is 17.8. The van der Waals surface area contributed by atoms with Crippen LogP contribution in [0.1, 0.15) is 40.3 Å². The summed E-state index contributed by atoms with van der Waals surface area (Å²) in [7, 11) is -2.98. The lowest BCUT2D eigenvalue weighted by Gasteiger charge is -2.25. The summed E-state index contributed by atoms with van der Waals surface area (Å²) in [5, 5.41) is 11.2. The Kier molecular flexibility index (Phi) is 9.80. The van der Waals surface area contributed by atoms with E-state index in [4.69, 9.17) is 30.3 Å². The zero-order chi connectivity index (χ0) is 28.2. The average molecular weight is 576 g/mol. The largest absolute Gasteiger partial charge is 0.583 e. The maximum Gasteiger partial charge on any atom is 0.346 e. The number of carbonyl (C=O) groups excluding carboxylic acids is 1. The number of carbonyl (C=O) groups is 1. The molecule has 1 saturated heterocycles. The molecule has 0 amide bonds. The van der Waals surface area contributed by atoms with Crippen molar-refractivity contribution >= 4 is 25.7 Å². The lowest BCUT2D eigenvalue weighted by molar-refractivity contribution is -0.206. The van der Waals surface area contributed by atoms with E-state index in [2.05, 4.69) is 4.74 Å². The molecule has 12 nitrogen and oxygen atoms in total. The Morgan fingerprint density at radius 2 is 2.00 bits per heavy atom. The first-order valence-electron chi connectivity index (χ1n) is 11.6. The highest BCUT2D eigenvalue weighted by Gasteiger charge is 2.59. The van der Waals surface area contributed by atoms with Crippen LogP contribution in [-0.4, -0.2) is 56.9 Å². The normalized spacial score (nSPS) is 25.3.